The van der Waals surface area contributed by atoms with Gasteiger partial charge in [-0.2, -0.15) is 0 Å². The third kappa shape index (κ3) is 6.61. The lowest BCUT2D eigenvalue weighted by Gasteiger charge is -2.04. The Labute approximate surface area is 75.3 Å². The SMILES string of the molecule is CCS(=O)(=O)CCCCC(C)N. The Morgan fingerprint density at radius 3 is 2.33 bits per heavy atom. The highest BCUT2D eigenvalue weighted by Crippen LogP contribution is 2.01. The lowest BCUT2D eigenvalue weighted by molar-refractivity contribution is 0.581. The molecule has 1 unspecified atom stereocenters. The van der Waals surface area contributed by atoms with Crippen LogP contribution < -0.4 is 5.73 Å². The predicted octanol–water partition coefficient (Wildman–Crippen LogP) is 0.939. The highest BCUT2D eigenvalue weighted by Gasteiger charge is 2.06. The minimum absolute atomic E-state index is 0.189. The monoisotopic (exact) mass is 193 g/mol. The zero-order chi connectivity index (χ0) is 9.61. The molecule has 0 aliphatic rings. The summed E-state index contributed by atoms with van der Waals surface area (Å²) in [6.07, 6.45) is 2.58. The van der Waals surface area contributed by atoms with Crippen molar-refractivity contribution in [2.75, 3.05) is 11.5 Å². The van der Waals surface area contributed by atoms with Crippen molar-refractivity contribution in [1.82, 2.24) is 0 Å². The van der Waals surface area contributed by atoms with Crippen LogP contribution in [0.3, 0.4) is 0 Å². The van der Waals surface area contributed by atoms with E-state index < -0.39 is 9.84 Å². The molecule has 0 aromatic carbocycles. The van der Waals surface area contributed by atoms with Gasteiger partial charge in [-0.25, -0.2) is 8.42 Å². The van der Waals surface area contributed by atoms with Gasteiger partial charge in [0, 0.05) is 11.8 Å². The normalized spacial score (nSPS) is 14.6. The van der Waals surface area contributed by atoms with Crippen LogP contribution in [0.2, 0.25) is 0 Å². The summed E-state index contributed by atoms with van der Waals surface area (Å²) in [4.78, 5) is 0. The topological polar surface area (TPSA) is 60.2 Å². The van der Waals surface area contributed by atoms with Gasteiger partial charge in [0.2, 0.25) is 0 Å². The van der Waals surface area contributed by atoms with Gasteiger partial charge in [0.1, 0.15) is 9.84 Å². The summed E-state index contributed by atoms with van der Waals surface area (Å²) in [5, 5.41) is 0. The van der Waals surface area contributed by atoms with Crippen LogP contribution in [0.1, 0.15) is 33.1 Å². The van der Waals surface area contributed by atoms with Gasteiger partial charge in [-0.1, -0.05) is 13.3 Å². The third-order valence-electron chi connectivity index (χ3n) is 1.80. The molecule has 0 aromatic rings. The maximum atomic E-state index is 11.0. The summed E-state index contributed by atoms with van der Waals surface area (Å²) >= 11 is 0. The molecule has 0 radical (unpaired) electrons. The van der Waals surface area contributed by atoms with Gasteiger partial charge >= 0.3 is 0 Å². The molecule has 0 saturated carbocycles. The fourth-order valence-electron chi connectivity index (χ4n) is 0.933. The molecule has 1 atom stereocenters. The van der Waals surface area contributed by atoms with Crippen molar-refractivity contribution in [3.05, 3.63) is 0 Å². The molecule has 0 aliphatic carbocycles. The maximum absolute atomic E-state index is 11.0. The molecule has 0 bridgehead atoms. The van der Waals surface area contributed by atoms with E-state index in [0.29, 0.717) is 5.75 Å². The number of hydrogen-bond donors (Lipinski definition) is 1. The fourth-order valence-corrected chi connectivity index (χ4v) is 1.87. The van der Waals surface area contributed by atoms with E-state index in [1.165, 1.54) is 0 Å². The lowest BCUT2D eigenvalue weighted by atomic mass is 10.2. The van der Waals surface area contributed by atoms with E-state index in [0.717, 1.165) is 19.3 Å². The van der Waals surface area contributed by atoms with Gasteiger partial charge in [0.15, 0.2) is 0 Å². The van der Waals surface area contributed by atoms with E-state index in [2.05, 4.69) is 0 Å². The molecule has 0 amide bonds. The van der Waals surface area contributed by atoms with Crippen molar-refractivity contribution < 1.29 is 8.42 Å². The molecule has 2 N–H and O–H groups in total. The van der Waals surface area contributed by atoms with E-state index in [4.69, 9.17) is 5.73 Å². The van der Waals surface area contributed by atoms with Crippen LogP contribution in [0.15, 0.2) is 0 Å². The van der Waals surface area contributed by atoms with Crippen LogP contribution in [-0.2, 0) is 9.84 Å². The van der Waals surface area contributed by atoms with Crippen LogP contribution in [0.25, 0.3) is 0 Å². The summed E-state index contributed by atoms with van der Waals surface area (Å²) < 4.78 is 22.0. The predicted molar refractivity (Wildman–Crippen MR) is 51.8 cm³/mol. The third-order valence-corrected chi connectivity index (χ3v) is 3.59. The second-order valence-electron chi connectivity index (χ2n) is 3.21. The summed E-state index contributed by atoms with van der Waals surface area (Å²) in [6, 6.07) is 0.189. The molecule has 12 heavy (non-hydrogen) atoms. The largest absolute Gasteiger partial charge is 0.328 e. The highest BCUT2D eigenvalue weighted by atomic mass is 32.2. The number of hydrogen-bond acceptors (Lipinski definition) is 3. The highest BCUT2D eigenvalue weighted by molar-refractivity contribution is 7.91. The molecule has 0 spiro atoms. The van der Waals surface area contributed by atoms with Gasteiger partial charge in [0.25, 0.3) is 0 Å². The molecule has 0 fully saturated rings. The average molecular weight is 193 g/mol. The zero-order valence-corrected chi connectivity index (χ0v) is 8.73. The molecular formula is C8H19NO2S. The Morgan fingerprint density at radius 1 is 1.33 bits per heavy atom. The summed E-state index contributed by atoms with van der Waals surface area (Å²) in [6.45, 7) is 3.62. The van der Waals surface area contributed by atoms with E-state index in [1.807, 2.05) is 6.92 Å². The molecule has 0 aliphatic heterocycles. The van der Waals surface area contributed by atoms with Crippen molar-refractivity contribution in [3.8, 4) is 0 Å². The number of sulfone groups is 1. The summed E-state index contributed by atoms with van der Waals surface area (Å²) in [5.41, 5.74) is 5.53. The van der Waals surface area contributed by atoms with Gasteiger partial charge in [-0.3, -0.25) is 0 Å². The average Bonchev–Trinajstić information content (AvgIpc) is 1.98. The first-order valence-corrected chi connectivity index (χ1v) is 6.26. The van der Waals surface area contributed by atoms with E-state index in [9.17, 15) is 8.42 Å². The number of rotatable bonds is 6. The van der Waals surface area contributed by atoms with Crippen LogP contribution in [0.4, 0.5) is 0 Å². The summed E-state index contributed by atoms with van der Waals surface area (Å²) in [5.74, 6) is 0.571. The molecule has 0 aromatic heterocycles. The Morgan fingerprint density at radius 2 is 1.92 bits per heavy atom. The van der Waals surface area contributed by atoms with Crippen LogP contribution in [-0.4, -0.2) is 26.0 Å². The first-order chi connectivity index (χ1) is 5.48. The lowest BCUT2D eigenvalue weighted by Crippen LogP contribution is -2.15. The molecule has 0 saturated heterocycles. The smallest absolute Gasteiger partial charge is 0.150 e. The van der Waals surface area contributed by atoms with Gasteiger partial charge in [-0.05, 0) is 19.8 Å². The molecule has 0 heterocycles. The van der Waals surface area contributed by atoms with Crippen molar-refractivity contribution >= 4 is 9.84 Å². The van der Waals surface area contributed by atoms with Crippen molar-refractivity contribution in [2.45, 2.75) is 39.2 Å². The fraction of sp³-hybridized carbons (Fsp3) is 1.00. The first-order valence-electron chi connectivity index (χ1n) is 4.44. The molecule has 3 nitrogen and oxygen atoms in total. The minimum atomic E-state index is -2.76. The van der Waals surface area contributed by atoms with Gasteiger partial charge in [-0.15, -0.1) is 0 Å². The number of nitrogens with two attached hydrogens (primary N) is 1. The standard InChI is InChI=1S/C8H19NO2S/c1-3-12(10,11)7-5-4-6-8(2)9/h8H,3-7,9H2,1-2H3. The Hall–Kier alpha value is -0.0900. The molecular weight excluding hydrogens is 174 g/mol. The van der Waals surface area contributed by atoms with E-state index >= 15 is 0 Å². The molecule has 4 heteroatoms. The maximum Gasteiger partial charge on any atom is 0.150 e. The quantitative estimate of drug-likeness (QED) is 0.639. The Kier molecular flexibility index (Phi) is 5.50. The minimum Gasteiger partial charge on any atom is -0.328 e. The van der Waals surface area contributed by atoms with E-state index in [-0.39, 0.29) is 11.8 Å². The Balaban J connectivity index is 3.45. The summed E-state index contributed by atoms with van der Waals surface area (Å²) in [7, 11) is -2.76. The van der Waals surface area contributed by atoms with E-state index in [1.54, 1.807) is 6.92 Å². The number of unbranched alkanes of at least 4 members (excludes halogenated alkanes) is 1. The zero-order valence-electron chi connectivity index (χ0n) is 7.91. The second kappa shape index (κ2) is 5.54. The van der Waals surface area contributed by atoms with Gasteiger partial charge < -0.3 is 5.73 Å². The van der Waals surface area contributed by atoms with Crippen molar-refractivity contribution in [2.24, 2.45) is 5.73 Å². The Bertz CT molecular complexity index is 197. The van der Waals surface area contributed by atoms with Crippen LogP contribution in [0, 0.1) is 0 Å². The molecule has 74 valence electrons. The second-order valence-corrected chi connectivity index (χ2v) is 5.68. The first kappa shape index (κ1) is 11.9. The molecule has 0 rings (SSSR count). The van der Waals surface area contributed by atoms with Crippen LogP contribution >= 0.6 is 0 Å². The van der Waals surface area contributed by atoms with Crippen LogP contribution in [0.5, 0.6) is 0 Å². The van der Waals surface area contributed by atoms with Crippen molar-refractivity contribution in [1.29, 1.82) is 0 Å². The van der Waals surface area contributed by atoms with Crippen molar-refractivity contribution in [3.63, 3.8) is 0 Å². The van der Waals surface area contributed by atoms with Gasteiger partial charge in [0.05, 0.1) is 5.75 Å².